The second kappa shape index (κ2) is 11.0. The number of amides is 1. The highest BCUT2D eigenvalue weighted by Crippen LogP contribution is 2.32. The van der Waals surface area contributed by atoms with Crippen molar-refractivity contribution in [2.75, 3.05) is 24.0 Å². The Labute approximate surface area is 194 Å². The van der Waals surface area contributed by atoms with E-state index in [1.807, 2.05) is 6.92 Å². The number of carbonyl (C=O) groups is 1. The molecule has 0 heterocycles. The number of benzene rings is 3. The molecule has 1 amide bonds. The number of hydrogen-bond donors (Lipinski definition) is 1. The molecule has 33 heavy (non-hydrogen) atoms. The molecular weight excluding hydrogens is 443 g/mol. The molecule has 3 aromatic rings. The second-order valence-corrected chi connectivity index (χ2v) is 9.31. The van der Waals surface area contributed by atoms with Crippen molar-refractivity contribution >= 4 is 21.6 Å². The zero-order chi connectivity index (χ0) is 23.8. The van der Waals surface area contributed by atoms with E-state index in [4.69, 9.17) is 4.74 Å². The summed E-state index contributed by atoms with van der Waals surface area (Å²) < 4.78 is 46.8. The number of sulfonamides is 1. The molecule has 0 fully saturated rings. The highest BCUT2D eigenvalue weighted by molar-refractivity contribution is 7.92. The Hall–Kier alpha value is -3.39. The molecule has 0 radical (unpaired) electrons. The Morgan fingerprint density at radius 2 is 1.67 bits per heavy atom. The molecule has 0 atom stereocenters. The zero-order valence-electron chi connectivity index (χ0n) is 18.6. The maximum atomic E-state index is 13.5. The lowest BCUT2D eigenvalue weighted by Crippen LogP contribution is -2.41. The van der Waals surface area contributed by atoms with Crippen molar-refractivity contribution in [2.24, 2.45) is 0 Å². The SMILES string of the molecule is CCOc1ccccc1N(CC(=O)NCCc1ccc(F)cc1)S(=O)(=O)c1ccc(C)cc1. The van der Waals surface area contributed by atoms with E-state index in [-0.39, 0.29) is 22.9 Å². The molecule has 0 aromatic heterocycles. The molecule has 0 saturated carbocycles. The lowest BCUT2D eigenvalue weighted by molar-refractivity contribution is -0.119. The van der Waals surface area contributed by atoms with Crippen LogP contribution in [0.3, 0.4) is 0 Å². The number of aryl methyl sites for hydroxylation is 1. The summed E-state index contributed by atoms with van der Waals surface area (Å²) >= 11 is 0. The molecule has 0 unspecified atom stereocenters. The largest absolute Gasteiger partial charge is 0.492 e. The summed E-state index contributed by atoms with van der Waals surface area (Å²) in [5.74, 6) is -0.415. The minimum atomic E-state index is -4.04. The van der Waals surface area contributed by atoms with E-state index < -0.39 is 22.5 Å². The Kier molecular flexibility index (Phi) is 8.06. The first-order valence-electron chi connectivity index (χ1n) is 10.6. The summed E-state index contributed by atoms with van der Waals surface area (Å²) in [7, 11) is -4.04. The van der Waals surface area contributed by atoms with E-state index in [9.17, 15) is 17.6 Å². The van der Waals surface area contributed by atoms with Crippen LogP contribution in [0.15, 0.2) is 77.7 Å². The third kappa shape index (κ3) is 6.32. The van der Waals surface area contributed by atoms with Crippen molar-refractivity contribution in [3.8, 4) is 5.75 Å². The smallest absolute Gasteiger partial charge is 0.264 e. The zero-order valence-corrected chi connectivity index (χ0v) is 19.4. The number of anilines is 1. The normalized spacial score (nSPS) is 11.1. The van der Waals surface area contributed by atoms with Gasteiger partial charge in [0.1, 0.15) is 18.1 Å². The van der Waals surface area contributed by atoms with E-state index >= 15 is 0 Å². The van der Waals surface area contributed by atoms with Gasteiger partial charge in [0.05, 0.1) is 17.2 Å². The van der Waals surface area contributed by atoms with Crippen molar-refractivity contribution in [3.05, 3.63) is 89.7 Å². The van der Waals surface area contributed by atoms with Crippen LogP contribution in [-0.2, 0) is 21.2 Å². The first-order chi connectivity index (χ1) is 15.8. The summed E-state index contributed by atoms with van der Waals surface area (Å²) in [6.45, 7) is 3.89. The summed E-state index contributed by atoms with van der Waals surface area (Å²) in [6.07, 6.45) is 0.492. The highest BCUT2D eigenvalue weighted by Gasteiger charge is 2.29. The lowest BCUT2D eigenvalue weighted by Gasteiger charge is -2.26. The molecule has 174 valence electrons. The van der Waals surface area contributed by atoms with E-state index in [1.54, 1.807) is 55.5 Å². The van der Waals surface area contributed by atoms with Gasteiger partial charge in [-0.05, 0) is 62.2 Å². The maximum Gasteiger partial charge on any atom is 0.264 e. The first-order valence-corrected chi connectivity index (χ1v) is 12.1. The molecule has 1 N–H and O–H groups in total. The number of nitrogens with zero attached hydrogens (tertiary/aromatic N) is 1. The number of para-hydroxylation sites is 2. The molecule has 3 aromatic carbocycles. The van der Waals surface area contributed by atoms with E-state index in [1.165, 1.54) is 24.3 Å². The van der Waals surface area contributed by atoms with Crippen LogP contribution in [0.25, 0.3) is 0 Å². The van der Waals surface area contributed by atoms with Crippen LogP contribution in [0.2, 0.25) is 0 Å². The number of nitrogens with one attached hydrogen (secondary N) is 1. The number of hydrogen-bond acceptors (Lipinski definition) is 4. The molecular formula is C25H27FN2O4S. The lowest BCUT2D eigenvalue weighted by atomic mass is 10.1. The Balaban J connectivity index is 1.83. The van der Waals surface area contributed by atoms with Gasteiger partial charge in [0.15, 0.2) is 0 Å². The number of carbonyl (C=O) groups excluding carboxylic acids is 1. The predicted molar refractivity (Wildman–Crippen MR) is 126 cm³/mol. The second-order valence-electron chi connectivity index (χ2n) is 7.45. The van der Waals surface area contributed by atoms with Crippen molar-refractivity contribution < 1.29 is 22.3 Å². The summed E-state index contributed by atoms with van der Waals surface area (Å²) in [5.41, 5.74) is 2.07. The topological polar surface area (TPSA) is 75.7 Å². The summed E-state index contributed by atoms with van der Waals surface area (Å²) in [5, 5.41) is 2.75. The van der Waals surface area contributed by atoms with Gasteiger partial charge in [0.2, 0.25) is 5.91 Å². The summed E-state index contributed by atoms with van der Waals surface area (Å²) in [6, 6.07) is 19.2. The maximum absolute atomic E-state index is 13.5. The summed E-state index contributed by atoms with van der Waals surface area (Å²) in [4.78, 5) is 12.8. The van der Waals surface area contributed by atoms with Gasteiger partial charge in [0.25, 0.3) is 10.0 Å². The van der Waals surface area contributed by atoms with Crippen LogP contribution in [0.5, 0.6) is 5.75 Å². The van der Waals surface area contributed by atoms with Gasteiger partial charge >= 0.3 is 0 Å². The molecule has 6 nitrogen and oxygen atoms in total. The molecule has 8 heteroatoms. The molecule has 0 saturated heterocycles. The van der Waals surface area contributed by atoms with Crippen LogP contribution in [0.1, 0.15) is 18.1 Å². The highest BCUT2D eigenvalue weighted by atomic mass is 32.2. The van der Waals surface area contributed by atoms with Crippen LogP contribution >= 0.6 is 0 Å². The Bertz CT molecular complexity index is 1180. The predicted octanol–water partition coefficient (Wildman–Crippen LogP) is 4.09. The Morgan fingerprint density at radius 1 is 1.00 bits per heavy atom. The average Bonchev–Trinajstić information content (AvgIpc) is 2.80. The number of halogens is 1. The van der Waals surface area contributed by atoms with E-state index in [2.05, 4.69) is 5.32 Å². The number of ether oxygens (including phenoxy) is 1. The van der Waals surface area contributed by atoms with Crippen LogP contribution in [0, 0.1) is 12.7 Å². The van der Waals surface area contributed by atoms with Crippen molar-refractivity contribution in [1.82, 2.24) is 5.32 Å². The molecule has 3 rings (SSSR count). The van der Waals surface area contributed by atoms with Crippen molar-refractivity contribution in [3.63, 3.8) is 0 Å². The van der Waals surface area contributed by atoms with Gasteiger partial charge in [-0.2, -0.15) is 0 Å². The quantitative estimate of drug-likeness (QED) is 0.484. The van der Waals surface area contributed by atoms with E-state index in [0.29, 0.717) is 18.8 Å². The molecule has 0 aliphatic carbocycles. The fourth-order valence-electron chi connectivity index (χ4n) is 3.26. The van der Waals surface area contributed by atoms with Crippen LogP contribution in [-0.4, -0.2) is 34.0 Å². The fourth-order valence-corrected chi connectivity index (χ4v) is 4.69. The molecule has 0 spiro atoms. The van der Waals surface area contributed by atoms with Crippen LogP contribution in [0.4, 0.5) is 10.1 Å². The van der Waals surface area contributed by atoms with Gasteiger partial charge in [0, 0.05) is 6.54 Å². The number of rotatable bonds is 10. The van der Waals surface area contributed by atoms with Crippen molar-refractivity contribution in [1.29, 1.82) is 0 Å². The third-order valence-electron chi connectivity index (χ3n) is 4.98. The van der Waals surface area contributed by atoms with Gasteiger partial charge in [-0.1, -0.05) is 42.0 Å². The van der Waals surface area contributed by atoms with Gasteiger partial charge in [-0.15, -0.1) is 0 Å². The van der Waals surface area contributed by atoms with Crippen LogP contribution < -0.4 is 14.4 Å². The first kappa shape index (κ1) is 24.3. The minimum absolute atomic E-state index is 0.0820. The molecule has 0 aliphatic rings. The van der Waals surface area contributed by atoms with Gasteiger partial charge in [-0.25, -0.2) is 12.8 Å². The molecule has 0 bridgehead atoms. The average molecular weight is 471 g/mol. The Morgan fingerprint density at radius 3 is 2.33 bits per heavy atom. The van der Waals surface area contributed by atoms with Gasteiger partial charge in [-0.3, -0.25) is 9.10 Å². The van der Waals surface area contributed by atoms with Crippen molar-refractivity contribution in [2.45, 2.75) is 25.2 Å². The minimum Gasteiger partial charge on any atom is -0.492 e. The van der Waals surface area contributed by atoms with E-state index in [0.717, 1.165) is 15.4 Å². The fraction of sp³-hybridized carbons (Fsp3) is 0.240. The standard InChI is InChI=1S/C25H27FN2O4S/c1-3-32-24-7-5-4-6-23(24)28(33(30,31)22-14-8-19(2)9-15-22)18-25(29)27-17-16-20-10-12-21(26)13-11-20/h4-15H,3,16-18H2,1-2H3,(H,27,29). The monoisotopic (exact) mass is 470 g/mol. The third-order valence-corrected chi connectivity index (χ3v) is 6.75. The van der Waals surface area contributed by atoms with Gasteiger partial charge < -0.3 is 10.1 Å². The molecule has 0 aliphatic heterocycles.